The topological polar surface area (TPSA) is 78.9 Å². The SMILES string of the molecule is CC/C=C\C/C=C\C/C=C\C/C=C\C/C=C\C/C=C\CCCCCCCCCCCCCCC(=O)OCC(COC(=O)CCCCCCCCCCCC)OC(=O)CCCCCCC/C=C\C/C=C\C/C=C\C/C=C\C/C=C\CC. The first-order valence-electron chi connectivity index (χ1n) is 33.2. The Morgan fingerprint density at radius 3 is 0.762 bits per heavy atom. The zero-order valence-corrected chi connectivity index (χ0v) is 52.0. The van der Waals surface area contributed by atoms with Gasteiger partial charge >= 0.3 is 17.9 Å². The number of unbranched alkanes of at least 4 members (excludes halogenated alkanes) is 26. The van der Waals surface area contributed by atoms with Gasteiger partial charge in [0.1, 0.15) is 13.2 Å². The number of esters is 3. The molecule has 0 radical (unpaired) electrons. The van der Waals surface area contributed by atoms with Crippen LogP contribution >= 0.6 is 0 Å². The number of hydrogen-bond donors (Lipinski definition) is 0. The van der Waals surface area contributed by atoms with Crippen molar-refractivity contribution in [2.45, 2.75) is 303 Å². The molecule has 0 N–H and O–H groups in total. The van der Waals surface area contributed by atoms with Gasteiger partial charge in [-0.05, 0) is 116 Å². The molecule has 80 heavy (non-hydrogen) atoms. The highest BCUT2D eigenvalue weighted by atomic mass is 16.6. The molecule has 0 aliphatic rings. The molecule has 0 aliphatic heterocycles. The summed E-state index contributed by atoms with van der Waals surface area (Å²) in [6, 6.07) is 0. The molecule has 454 valence electrons. The maximum absolute atomic E-state index is 12.9. The lowest BCUT2D eigenvalue weighted by molar-refractivity contribution is -0.167. The summed E-state index contributed by atoms with van der Waals surface area (Å²) in [6.45, 7) is 6.39. The first-order valence-corrected chi connectivity index (χ1v) is 33.2. The van der Waals surface area contributed by atoms with Crippen LogP contribution < -0.4 is 0 Å². The van der Waals surface area contributed by atoms with Crippen molar-refractivity contribution in [3.05, 3.63) is 134 Å². The van der Waals surface area contributed by atoms with Gasteiger partial charge in [-0.3, -0.25) is 14.4 Å². The van der Waals surface area contributed by atoms with Gasteiger partial charge in [-0.15, -0.1) is 0 Å². The minimum Gasteiger partial charge on any atom is -0.462 e. The first kappa shape index (κ1) is 75.5. The van der Waals surface area contributed by atoms with Crippen molar-refractivity contribution in [3.63, 3.8) is 0 Å². The maximum Gasteiger partial charge on any atom is 0.306 e. The van der Waals surface area contributed by atoms with Gasteiger partial charge in [-0.1, -0.05) is 296 Å². The van der Waals surface area contributed by atoms with E-state index in [0.717, 1.165) is 148 Å². The van der Waals surface area contributed by atoms with Crippen molar-refractivity contribution in [1.29, 1.82) is 0 Å². The van der Waals surface area contributed by atoms with Crippen LogP contribution in [-0.2, 0) is 28.6 Å². The van der Waals surface area contributed by atoms with Gasteiger partial charge in [0.05, 0.1) is 0 Å². The largest absolute Gasteiger partial charge is 0.462 e. The van der Waals surface area contributed by atoms with Crippen LogP contribution in [0.5, 0.6) is 0 Å². The molecule has 0 saturated heterocycles. The van der Waals surface area contributed by atoms with E-state index in [4.69, 9.17) is 14.2 Å². The molecule has 0 spiro atoms. The Hall–Kier alpha value is -4.45. The van der Waals surface area contributed by atoms with E-state index in [2.05, 4.69) is 154 Å². The van der Waals surface area contributed by atoms with Crippen LogP contribution in [0.1, 0.15) is 297 Å². The quantitative estimate of drug-likeness (QED) is 0.0261. The van der Waals surface area contributed by atoms with E-state index in [1.807, 2.05) is 0 Å². The third kappa shape index (κ3) is 64.4. The number of carbonyl (C=O) groups is 3. The summed E-state index contributed by atoms with van der Waals surface area (Å²) in [5.74, 6) is -0.905. The predicted octanol–water partition coefficient (Wildman–Crippen LogP) is 22.9. The normalized spacial score (nSPS) is 13.0. The number of hydrogen-bond acceptors (Lipinski definition) is 6. The highest BCUT2D eigenvalue weighted by Gasteiger charge is 2.19. The minimum atomic E-state index is -0.792. The summed E-state index contributed by atoms with van der Waals surface area (Å²) < 4.78 is 16.9. The first-order chi connectivity index (χ1) is 39.5. The molecule has 0 heterocycles. The van der Waals surface area contributed by atoms with Crippen molar-refractivity contribution >= 4 is 17.9 Å². The maximum atomic E-state index is 12.9. The Kier molecular flexibility index (Phi) is 63.3. The van der Waals surface area contributed by atoms with Gasteiger partial charge in [0, 0.05) is 19.3 Å². The lowest BCUT2D eigenvalue weighted by Gasteiger charge is -2.18. The standard InChI is InChI=1S/C74H122O6/c1-4-7-10-13-16-19-22-24-26-28-30-32-33-34-35-36-37-38-39-40-41-43-44-46-48-50-52-55-58-61-64-67-73(76)79-70-71(69-78-72(75)66-63-60-57-54-21-18-15-12-9-6-3)80-74(77)68-65-62-59-56-53-51-49-47-45-42-31-29-27-25-23-20-17-14-11-8-5-2/h7-8,10-11,16-17,19-20,24-27,30-32,34-35,37-38,42,47,49,71H,4-6,9,12-15,18,21-23,28-29,33,36,39-41,43-46,48,50-70H2,1-3H3/b10-7-,11-8-,19-16-,20-17-,26-24-,27-25-,32-30-,35-34-,38-37-,42-31-,49-47-. The molecule has 0 saturated carbocycles. The van der Waals surface area contributed by atoms with Crippen LogP contribution in [0.4, 0.5) is 0 Å². The van der Waals surface area contributed by atoms with Gasteiger partial charge in [0.15, 0.2) is 6.10 Å². The second-order valence-electron chi connectivity index (χ2n) is 21.6. The van der Waals surface area contributed by atoms with Crippen molar-refractivity contribution < 1.29 is 28.6 Å². The van der Waals surface area contributed by atoms with Crippen LogP contribution in [-0.4, -0.2) is 37.2 Å². The number of carbonyl (C=O) groups excluding carboxylic acids is 3. The molecule has 0 aromatic rings. The zero-order chi connectivity index (χ0) is 57.8. The summed E-state index contributed by atoms with van der Waals surface area (Å²) in [5.41, 5.74) is 0. The fourth-order valence-corrected chi connectivity index (χ4v) is 9.00. The average molecular weight is 1110 g/mol. The molecule has 0 aliphatic carbocycles. The summed E-state index contributed by atoms with van der Waals surface area (Å²) in [6.07, 6.45) is 94.7. The molecule has 0 amide bonds. The molecule has 6 heteroatoms. The summed E-state index contributed by atoms with van der Waals surface area (Å²) in [7, 11) is 0. The molecule has 1 atom stereocenters. The van der Waals surface area contributed by atoms with E-state index in [-0.39, 0.29) is 31.1 Å². The van der Waals surface area contributed by atoms with E-state index < -0.39 is 6.10 Å². The van der Waals surface area contributed by atoms with Gasteiger partial charge in [-0.2, -0.15) is 0 Å². The Morgan fingerprint density at radius 2 is 0.487 bits per heavy atom. The molecule has 0 bridgehead atoms. The van der Waals surface area contributed by atoms with E-state index in [1.165, 1.54) is 109 Å². The molecule has 0 aromatic carbocycles. The van der Waals surface area contributed by atoms with E-state index in [9.17, 15) is 14.4 Å². The second kappa shape index (κ2) is 67.1. The van der Waals surface area contributed by atoms with Crippen LogP contribution in [0.3, 0.4) is 0 Å². The van der Waals surface area contributed by atoms with Gasteiger partial charge in [0.2, 0.25) is 0 Å². The third-order valence-electron chi connectivity index (χ3n) is 13.9. The lowest BCUT2D eigenvalue weighted by Crippen LogP contribution is -2.30. The summed E-state index contributed by atoms with van der Waals surface area (Å²) >= 11 is 0. The van der Waals surface area contributed by atoms with Gasteiger partial charge < -0.3 is 14.2 Å². The van der Waals surface area contributed by atoms with E-state index in [1.54, 1.807) is 0 Å². The van der Waals surface area contributed by atoms with Crippen molar-refractivity contribution in [1.82, 2.24) is 0 Å². The highest BCUT2D eigenvalue weighted by molar-refractivity contribution is 5.71. The van der Waals surface area contributed by atoms with Crippen molar-refractivity contribution in [3.8, 4) is 0 Å². The minimum absolute atomic E-state index is 0.0868. The molecule has 1 unspecified atom stereocenters. The van der Waals surface area contributed by atoms with Crippen LogP contribution in [0, 0.1) is 0 Å². The Labute approximate surface area is 494 Å². The molecule has 0 rings (SSSR count). The number of rotatable bonds is 59. The van der Waals surface area contributed by atoms with Crippen LogP contribution in [0.25, 0.3) is 0 Å². The molecule has 0 aromatic heterocycles. The second-order valence-corrected chi connectivity index (χ2v) is 21.6. The van der Waals surface area contributed by atoms with Crippen molar-refractivity contribution in [2.75, 3.05) is 13.2 Å². The Morgan fingerprint density at radius 1 is 0.263 bits per heavy atom. The Bertz CT molecular complexity index is 1700. The third-order valence-corrected chi connectivity index (χ3v) is 13.9. The summed E-state index contributed by atoms with van der Waals surface area (Å²) in [5, 5.41) is 0. The number of allylic oxidation sites excluding steroid dienone is 22. The molecule has 6 nitrogen and oxygen atoms in total. The van der Waals surface area contributed by atoms with E-state index in [0.29, 0.717) is 19.3 Å². The van der Waals surface area contributed by atoms with E-state index >= 15 is 0 Å². The Balaban J connectivity index is 4.25. The smallest absolute Gasteiger partial charge is 0.306 e. The van der Waals surface area contributed by atoms with Crippen molar-refractivity contribution in [2.24, 2.45) is 0 Å². The van der Waals surface area contributed by atoms with Crippen LogP contribution in [0.2, 0.25) is 0 Å². The fraction of sp³-hybridized carbons (Fsp3) is 0.662. The lowest BCUT2D eigenvalue weighted by atomic mass is 10.0. The summed E-state index contributed by atoms with van der Waals surface area (Å²) in [4.78, 5) is 38.3. The highest BCUT2D eigenvalue weighted by Crippen LogP contribution is 2.16. The molecular weight excluding hydrogens is 985 g/mol. The predicted molar refractivity (Wildman–Crippen MR) is 348 cm³/mol. The fourth-order valence-electron chi connectivity index (χ4n) is 9.00. The molecule has 0 fully saturated rings. The van der Waals surface area contributed by atoms with Crippen LogP contribution in [0.15, 0.2) is 134 Å². The number of ether oxygens (including phenoxy) is 3. The zero-order valence-electron chi connectivity index (χ0n) is 52.0. The van der Waals surface area contributed by atoms with Gasteiger partial charge in [-0.25, -0.2) is 0 Å². The molecular formula is C74H122O6. The van der Waals surface area contributed by atoms with Gasteiger partial charge in [0.25, 0.3) is 0 Å². The monoisotopic (exact) mass is 1110 g/mol. The average Bonchev–Trinajstić information content (AvgIpc) is 3.46.